The number of halogens is 3. The molecule has 0 aliphatic carbocycles. The van der Waals surface area contributed by atoms with E-state index in [9.17, 15) is 4.39 Å². The van der Waals surface area contributed by atoms with Crippen molar-refractivity contribution >= 4 is 23.2 Å². The van der Waals surface area contributed by atoms with Gasteiger partial charge in [0.2, 0.25) is 5.88 Å². The van der Waals surface area contributed by atoms with Crippen LogP contribution < -0.4 is 4.74 Å². The molecular formula is C12H8Cl2FNO. The summed E-state index contributed by atoms with van der Waals surface area (Å²) in [5.41, 5.74) is 0.478. The first-order chi connectivity index (χ1) is 8.20. The normalized spacial score (nSPS) is 10.3. The van der Waals surface area contributed by atoms with Crippen molar-refractivity contribution in [3.8, 4) is 11.6 Å². The molecule has 0 aliphatic rings. The molecule has 2 rings (SSSR count). The first-order valence-corrected chi connectivity index (χ1v) is 5.74. The fourth-order valence-corrected chi connectivity index (χ4v) is 1.65. The second-order valence-electron chi connectivity index (χ2n) is 3.28. The SMILES string of the molecule is Fc1cnc(Oc2ccccc2Cl)c(CCl)c1. The van der Waals surface area contributed by atoms with Crippen LogP contribution in [0.2, 0.25) is 5.02 Å². The monoisotopic (exact) mass is 271 g/mol. The molecule has 2 aromatic rings. The van der Waals surface area contributed by atoms with Crippen molar-refractivity contribution in [1.29, 1.82) is 0 Å². The lowest BCUT2D eigenvalue weighted by Gasteiger charge is -2.09. The van der Waals surface area contributed by atoms with Crippen LogP contribution in [-0.4, -0.2) is 4.98 Å². The minimum Gasteiger partial charge on any atom is -0.437 e. The highest BCUT2D eigenvalue weighted by Gasteiger charge is 2.09. The van der Waals surface area contributed by atoms with Crippen LogP contribution >= 0.6 is 23.2 Å². The van der Waals surface area contributed by atoms with Gasteiger partial charge >= 0.3 is 0 Å². The minimum absolute atomic E-state index is 0.116. The molecule has 0 bridgehead atoms. The van der Waals surface area contributed by atoms with Gasteiger partial charge in [0.05, 0.1) is 17.1 Å². The highest BCUT2D eigenvalue weighted by molar-refractivity contribution is 6.32. The number of alkyl halides is 1. The Labute approximate surface area is 108 Å². The van der Waals surface area contributed by atoms with Crippen LogP contribution in [0.1, 0.15) is 5.56 Å². The van der Waals surface area contributed by atoms with E-state index in [0.717, 1.165) is 6.20 Å². The maximum Gasteiger partial charge on any atom is 0.223 e. The highest BCUT2D eigenvalue weighted by atomic mass is 35.5. The zero-order valence-corrected chi connectivity index (χ0v) is 10.2. The molecule has 0 unspecified atom stereocenters. The van der Waals surface area contributed by atoms with Crippen LogP contribution in [0.15, 0.2) is 36.5 Å². The van der Waals surface area contributed by atoms with Gasteiger partial charge in [-0.1, -0.05) is 23.7 Å². The predicted octanol–water partition coefficient (Wildman–Crippen LogP) is 4.41. The molecule has 1 aromatic heterocycles. The van der Waals surface area contributed by atoms with Crippen molar-refractivity contribution in [2.45, 2.75) is 5.88 Å². The van der Waals surface area contributed by atoms with Gasteiger partial charge in [-0.15, -0.1) is 11.6 Å². The number of aromatic nitrogens is 1. The minimum atomic E-state index is -0.452. The summed E-state index contributed by atoms with van der Waals surface area (Å²) < 4.78 is 18.4. The molecule has 0 aliphatic heterocycles. The van der Waals surface area contributed by atoms with Crippen LogP contribution in [0.3, 0.4) is 0 Å². The summed E-state index contributed by atoms with van der Waals surface area (Å²) in [6.07, 6.45) is 1.07. The number of hydrogen-bond donors (Lipinski definition) is 0. The Hall–Kier alpha value is -1.32. The third-order valence-corrected chi connectivity index (χ3v) is 2.68. The van der Waals surface area contributed by atoms with Gasteiger partial charge in [0.15, 0.2) is 0 Å². The Bertz CT molecular complexity index is 534. The lowest BCUT2D eigenvalue weighted by Crippen LogP contribution is -1.94. The summed E-state index contributed by atoms with van der Waals surface area (Å²) in [5, 5.41) is 0.458. The topological polar surface area (TPSA) is 22.1 Å². The summed E-state index contributed by atoms with van der Waals surface area (Å²) in [6.45, 7) is 0. The van der Waals surface area contributed by atoms with Gasteiger partial charge in [-0.3, -0.25) is 0 Å². The molecule has 0 saturated carbocycles. The van der Waals surface area contributed by atoms with E-state index in [1.165, 1.54) is 6.07 Å². The van der Waals surface area contributed by atoms with E-state index in [0.29, 0.717) is 16.3 Å². The van der Waals surface area contributed by atoms with Crippen molar-refractivity contribution in [3.05, 3.63) is 52.9 Å². The average molecular weight is 272 g/mol. The van der Waals surface area contributed by atoms with Gasteiger partial charge < -0.3 is 4.74 Å². The molecule has 88 valence electrons. The Balaban J connectivity index is 2.33. The van der Waals surface area contributed by atoms with Crippen LogP contribution in [0.25, 0.3) is 0 Å². The number of pyridine rings is 1. The van der Waals surface area contributed by atoms with E-state index in [4.69, 9.17) is 27.9 Å². The smallest absolute Gasteiger partial charge is 0.223 e. The van der Waals surface area contributed by atoms with Gasteiger partial charge in [-0.25, -0.2) is 9.37 Å². The van der Waals surface area contributed by atoms with E-state index < -0.39 is 5.82 Å². The Kier molecular flexibility index (Phi) is 3.82. The molecule has 0 N–H and O–H groups in total. The molecule has 17 heavy (non-hydrogen) atoms. The summed E-state index contributed by atoms with van der Waals surface area (Å²) in [4.78, 5) is 3.85. The van der Waals surface area contributed by atoms with Gasteiger partial charge in [-0.05, 0) is 18.2 Å². The van der Waals surface area contributed by atoms with E-state index in [1.807, 2.05) is 0 Å². The summed E-state index contributed by atoms with van der Waals surface area (Å²) in [6, 6.07) is 8.25. The Morgan fingerprint density at radius 3 is 2.76 bits per heavy atom. The standard InChI is InChI=1S/C12H8Cl2FNO/c13-6-8-5-9(15)7-16-12(8)17-11-4-2-1-3-10(11)14/h1-5,7H,6H2. The predicted molar refractivity (Wildman–Crippen MR) is 65.3 cm³/mol. The van der Waals surface area contributed by atoms with Crippen LogP contribution in [-0.2, 0) is 5.88 Å². The van der Waals surface area contributed by atoms with Crippen LogP contribution in [0.5, 0.6) is 11.6 Å². The van der Waals surface area contributed by atoms with Gasteiger partial charge in [0.25, 0.3) is 0 Å². The van der Waals surface area contributed by atoms with Gasteiger partial charge in [-0.2, -0.15) is 0 Å². The zero-order chi connectivity index (χ0) is 12.3. The average Bonchev–Trinajstić information content (AvgIpc) is 2.34. The number of hydrogen-bond acceptors (Lipinski definition) is 2. The molecule has 0 amide bonds. The van der Waals surface area contributed by atoms with Gasteiger partial charge in [0.1, 0.15) is 11.6 Å². The molecule has 0 fully saturated rings. The molecule has 5 heteroatoms. The lowest BCUT2D eigenvalue weighted by atomic mass is 10.3. The summed E-state index contributed by atoms with van der Waals surface area (Å²) in [5.74, 6) is 0.381. The van der Waals surface area contributed by atoms with Crippen molar-refractivity contribution in [1.82, 2.24) is 4.98 Å². The second-order valence-corrected chi connectivity index (χ2v) is 3.96. The zero-order valence-electron chi connectivity index (χ0n) is 8.66. The molecular weight excluding hydrogens is 264 g/mol. The number of rotatable bonds is 3. The van der Waals surface area contributed by atoms with Crippen molar-refractivity contribution in [2.75, 3.05) is 0 Å². The van der Waals surface area contributed by atoms with Crippen LogP contribution in [0, 0.1) is 5.82 Å². The number of nitrogens with zero attached hydrogens (tertiary/aromatic N) is 1. The molecule has 2 nitrogen and oxygen atoms in total. The Morgan fingerprint density at radius 1 is 1.29 bits per heavy atom. The largest absolute Gasteiger partial charge is 0.437 e. The third kappa shape index (κ3) is 2.87. The quantitative estimate of drug-likeness (QED) is 0.772. The van der Waals surface area contributed by atoms with E-state index >= 15 is 0 Å². The second kappa shape index (κ2) is 5.34. The van der Waals surface area contributed by atoms with E-state index in [2.05, 4.69) is 4.98 Å². The Morgan fingerprint density at radius 2 is 2.06 bits per heavy atom. The first-order valence-electron chi connectivity index (χ1n) is 4.83. The number of para-hydroxylation sites is 1. The van der Waals surface area contributed by atoms with Crippen molar-refractivity contribution in [3.63, 3.8) is 0 Å². The molecule has 1 heterocycles. The first kappa shape index (κ1) is 12.1. The number of ether oxygens (including phenoxy) is 1. The molecule has 0 atom stereocenters. The maximum absolute atomic E-state index is 12.9. The third-order valence-electron chi connectivity index (χ3n) is 2.08. The lowest BCUT2D eigenvalue weighted by molar-refractivity contribution is 0.454. The fraction of sp³-hybridized carbons (Fsp3) is 0.0833. The molecule has 0 saturated heterocycles. The summed E-state index contributed by atoms with van der Waals surface area (Å²) >= 11 is 11.6. The molecule has 0 spiro atoms. The highest BCUT2D eigenvalue weighted by Crippen LogP contribution is 2.30. The van der Waals surface area contributed by atoms with E-state index in [-0.39, 0.29) is 11.8 Å². The number of benzene rings is 1. The van der Waals surface area contributed by atoms with E-state index in [1.54, 1.807) is 24.3 Å². The maximum atomic E-state index is 12.9. The van der Waals surface area contributed by atoms with Crippen LogP contribution in [0.4, 0.5) is 4.39 Å². The van der Waals surface area contributed by atoms with Gasteiger partial charge in [0, 0.05) is 5.56 Å². The molecule has 1 aromatic carbocycles. The van der Waals surface area contributed by atoms with Crippen molar-refractivity contribution < 1.29 is 9.13 Å². The summed E-state index contributed by atoms with van der Waals surface area (Å²) in [7, 11) is 0. The molecule has 0 radical (unpaired) electrons. The van der Waals surface area contributed by atoms with Crippen molar-refractivity contribution in [2.24, 2.45) is 0 Å². The fourth-order valence-electron chi connectivity index (χ4n) is 1.29.